The summed E-state index contributed by atoms with van der Waals surface area (Å²) in [5.74, 6) is 2.42. The lowest BCUT2D eigenvalue weighted by Gasteiger charge is -2.30. The summed E-state index contributed by atoms with van der Waals surface area (Å²) in [6.45, 7) is 3.53. The van der Waals surface area contributed by atoms with E-state index in [1.807, 2.05) is 30.3 Å². The molecule has 0 N–H and O–H groups in total. The Labute approximate surface area is 162 Å². The standard InChI is InChI=1S/C19H20ClN5O2/c20-16-1-3-17(4-2-16)26-12-11-25-9-6-14(7-10-25)19-23-18(24-27-19)15-5-8-21-22-13-15/h1-5,8,13-14H,6-7,9-12H2. The van der Waals surface area contributed by atoms with Gasteiger partial charge in [-0.25, -0.2) is 0 Å². The number of likely N-dealkylation sites (tertiary alicyclic amines) is 1. The van der Waals surface area contributed by atoms with E-state index in [9.17, 15) is 0 Å². The van der Waals surface area contributed by atoms with Gasteiger partial charge in [-0.3, -0.25) is 4.90 Å². The second kappa shape index (κ2) is 8.45. The second-order valence-corrected chi connectivity index (χ2v) is 6.94. The molecular formula is C19H20ClN5O2. The quantitative estimate of drug-likeness (QED) is 0.643. The van der Waals surface area contributed by atoms with Crippen molar-refractivity contribution in [3.8, 4) is 17.1 Å². The number of nitrogens with zero attached hydrogens (tertiary/aromatic N) is 5. The zero-order chi connectivity index (χ0) is 18.5. The monoisotopic (exact) mass is 385 g/mol. The van der Waals surface area contributed by atoms with Crippen LogP contribution in [-0.2, 0) is 0 Å². The highest BCUT2D eigenvalue weighted by atomic mass is 35.5. The van der Waals surface area contributed by atoms with Gasteiger partial charge in [0, 0.05) is 23.0 Å². The molecule has 1 aliphatic heterocycles. The van der Waals surface area contributed by atoms with Crippen molar-refractivity contribution in [3.05, 3.63) is 53.6 Å². The average molecular weight is 386 g/mol. The predicted octanol–water partition coefficient (Wildman–Crippen LogP) is 3.44. The van der Waals surface area contributed by atoms with E-state index < -0.39 is 0 Å². The van der Waals surface area contributed by atoms with Gasteiger partial charge in [0.25, 0.3) is 0 Å². The van der Waals surface area contributed by atoms with Gasteiger partial charge in [0.1, 0.15) is 12.4 Å². The summed E-state index contributed by atoms with van der Waals surface area (Å²) in [7, 11) is 0. The van der Waals surface area contributed by atoms with E-state index in [2.05, 4.69) is 25.2 Å². The fourth-order valence-electron chi connectivity index (χ4n) is 3.17. The fraction of sp³-hybridized carbons (Fsp3) is 0.368. The van der Waals surface area contributed by atoms with Crippen LogP contribution in [0.2, 0.25) is 5.02 Å². The fourth-order valence-corrected chi connectivity index (χ4v) is 3.29. The van der Waals surface area contributed by atoms with Crippen LogP contribution in [0.4, 0.5) is 0 Å². The molecule has 27 heavy (non-hydrogen) atoms. The first kappa shape index (κ1) is 17.9. The predicted molar refractivity (Wildman–Crippen MR) is 101 cm³/mol. The highest BCUT2D eigenvalue weighted by Gasteiger charge is 2.25. The summed E-state index contributed by atoms with van der Waals surface area (Å²) >= 11 is 5.88. The van der Waals surface area contributed by atoms with E-state index in [1.165, 1.54) is 0 Å². The summed E-state index contributed by atoms with van der Waals surface area (Å²) < 4.78 is 11.3. The van der Waals surface area contributed by atoms with Gasteiger partial charge in [-0.1, -0.05) is 16.8 Å². The molecule has 0 aliphatic carbocycles. The van der Waals surface area contributed by atoms with Crippen molar-refractivity contribution in [2.45, 2.75) is 18.8 Å². The van der Waals surface area contributed by atoms with Gasteiger partial charge >= 0.3 is 0 Å². The topological polar surface area (TPSA) is 77.2 Å². The van der Waals surface area contributed by atoms with Crippen LogP contribution in [0.15, 0.2) is 47.2 Å². The maximum Gasteiger partial charge on any atom is 0.230 e. The van der Waals surface area contributed by atoms with Crippen LogP contribution in [0, 0.1) is 0 Å². The van der Waals surface area contributed by atoms with E-state index >= 15 is 0 Å². The van der Waals surface area contributed by atoms with Gasteiger partial charge in [-0.2, -0.15) is 15.2 Å². The van der Waals surface area contributed by atoms with Crippen LogP contribution in [0.5, 0.6) is 5.75 Å². The molecule has 7 nitrogen and oxygen atoms in total. The van der Waals surface area contributed by atoms with Crippen LogP contribution < -0.4 is 4.74 Å². The van der Waals surface area contributed by atoms with Crippen molar-refractivity contribution in [1.82, 2.24) is 25.2 Å². The zero-order valence-electron chi connectivity index (χ0n) is 14.8. The zero-order valence-corrected chi connectivity index (χ0v) is 15.5. The summed E-state index contributed by atoms with van der Waals surface area (Å²) in [6, 6.07) is 9.27. The van der Waals surface area contributed by atoms with E-state index in [4.69, 9.17) is 20.9 Å². The number of ether oxygens (including phenoxy) is 1. The SMILES string of the molecule is Clc1ccc(OCCN2CCC(c3nc(-c4ccnnc4)no3)CC2)cc1. The molecule has 3 aromatic rings. The third-order valence-electron chi connectivity index (χ3n) is 4.71. The molecule has 1 aliphatic rings. The molecule has 0 unspecified atom stereocenters. The van der Waals surface area contributed by atoms with E-state index in [0.717, 1.165) is 43.8 Å². The van der Waals surface area contributed by atoms with Gasteiger partial charge in [0.2, 0.25) is 11.7 Å². The second-order valence-electron chi connectivity index (χ2n) is 6.51. The molecule has 3 heterocycles. The molecule has 140 valence electrons. The Bertz CT molecular complexity index is 848. The first-order chi connectivity index (χ1) is 13.3. The highest BCUT2D eigenvalue weighted by Crippen LogP contribution is 2.28. The summed E-state index contributed by atoms with van der Waals surface area (Å²) in [5.41, 5.74) is 0.816. The molecule has 0 bridgehead atoms. The molecule has 8 heteroatoms. The Hall–Kier alpha value is -2.51. The summed E-state index contributed by atoms with van der Waals surface area (Å²) in [5, 5.41) is 12.4. The molecule has 0 spiro atoms. The van der Waals surface area contributed by atoms with Crippen molar-refractivity contribution < 1.29 is 9.26 Å². The molecule has 0 atom stereocenters. The summed E-state index contributed by atoms with van der Waals surface area (Å²) in [6.07, 6.45) is 5.25. The molecule has 1 saturated heterocycles. The molecule has 4 rings (SSSR count). The molecule has 1 fully saturated rings. The van der Waals surface area contributed by atoms with Crippen molar-refractivity contribution in [2.24, 2.45) is 0 Å². The van der Waals surface area contributed by atoms with Crippen molar-refractivity contribution in [3.63, 3.8) is 0 Å². The smallest absolute Gasteiger partial charge is 0.230 e. The van der Waals surface area contributed by atoms with Crippen LogP contribution in [0.3, 0.4) is 0 Å². The number of piperidine rings is 1. The Kier molecular flexibility index (Phi) is 5.60. The molecular weight excluding hydrogens is 366 g/mol. The third kappa shape index (κ3) is 4.61. The molecule has 0 amide bonds. The van der Waals surface area contributed by atoms with Crippen LogP contribution in [0.25, 0.3) is 11.4 Å². The van der Waals surface area contributed by atoms with E-state index in [-0.39, 0.29) is 0 Å². The number of aromatic nitrogens is 4. The Morgan fingerprint density at radius 2 is 1.93 bits per heavy atom. The maximum atomic E-state index is 5.88. The number of hydrogen-bond donors (Lipinski definition) is 0. The molecule has 0 radical (unpaired) electrons. The Morgan fingerprint density at radius 3 is 2.67 bits per heavy atom. The summed E-state index contributed by atoms with van der Waals surface area (Å²) in [4.78, 5) is 6.94. The van der Waals surface area contributed by atoms with Crippen LogP contribution in [-0.4, -0.2) is 51.5 Å². The Morgan fingerprint density at radius 1 is 1.11 bits per heavy atom. The van der Waals surface area contributed by atoms with Gasteiger partial charge in [0.15, 0.2) is 0 Å². The van der Waals surface area contributed by atoms with Gasteiger partial charge in [-0.05, 0) is 56.3 Å². The lowest BCUT2D eigenvalue weighted by atomic mass is 9.97. The van der Waals surface area contributed by atoms with Gasteiger partial charge < -0.3 is 9.26 Å². The average Bonchev–Trinajstić information content (AvgIpc) is 3.21. The van der Waals surface area contributed by atoms with E-state index in [0.29, 0.717) is 29.3 Å². The lowest BCUT2D eigenvalue weighted by Crippen LogP contribution is -2.35. The molecule has 1 aromatic carbocycles. The first-order valence-corrected chi connectivity index (χ1v) is 9.37. The first-order valence-electron chi connectivity index (χ1n) is 8.99. The lowest BCUT2D eigenvalue weighted by molar-refractivity contribution is 0.163. The minimum atomic E-state index is 0.300. The van der Waals surface area contributed by atoms with Crippen LogP contribution >= 0.6 is 11.6 Å². The number of halogens is 1. The number of rotatable bonds is 6. The van der Waals surface area contributed by atoms with Crippen LogP contribution in [0.1, 0.15) is 24.7 Å². The van der Waals surface area contributed by atoms with Crippen molar-refractivity contribution >= 4 is 11.6 Å². The molecule has 0 saturated carbocycles. The molecule has 2 aromatic heterocycles. The number of hydrogen-bond acceptors (Lipinski definition) is 7. The van der Waals surface area contributed by atoms with Crippen molar-refractivity contribution in [2.75, 3.05) is 26.2 Å². The third-order valence-corrected chi connectivity index (χ3v) is 4.96. The minimum Gasteiger partial charge on any atom is -0.492 e. The van der Waals surface area contributed by atoms with Crippen molar-refractivity contribution in [1.29, 1.82) is 0 Å². The largest absolute Gasteiger partial charge is 0.492 e. The van der Waals surface area contributed by atoms with Gasteiger partial charge in [-0.15, -0.1) is 0 Å². The number of benzene rings is 1. The highest BCUT2D eigenvalue weighted by molar-refractivity contribution is 6.30. The van der Waals surface area contributed by atoms with E-state index in [1.54, 1.807) is 12.4 Å². The Balaban J connectivity index is 1.24. The maximum absolute atomic E-state index is 5.88. The minimum absolute atomic E-state index is 0.300. The normalized spacial score (nSPS) is 15.7. The van der Waals surface area contributed by atoms with Gasteiger partial charge in [0.05, 0.1) is 12.4 Å².